The minimum absolute atomic E-state index is 0. The molecule has 1 amide bonds. The molecule has 0 radical (unpaired) electrons. The normalized spacial score (nSPS) is 24.8. The topological polar surface area (TPSA) is 32.8 Å². The van der Waals surface area contributed by atoms with Crippen LogP contribution in [0.1, 0.15) is 62.0 Å². The van der Waals surface area contributed by atoms with E-state index in [4.69, 9.17) is 4.74 Å². The molecule has 4 rings (SSSR count). The number of carbonyl (C=O) groups is 1. The van der Waals surface area contributed by atoms with Crippen LogP contribution in [0.5, 0.6) is 5.75 Å². The maximum Gasteiger partial charge on any atom is 0.414 e. The number of amides is 1. The zero-order valence-electron chi connectivity index (χ0n) is 16.7. The molecule has 1 heterocycles. The van der Waals surface area contributed by atoms with Crippen molar-refractivity contribution in [3.05, 3.63) is 29.3 Å². The SMILES string of the molecule is CN(C)C(=O)Oc1cccc2c1CC[C@@H]1[C@H]2CCN1CCC1CCCC1.Cl. The fourth-order valence-corrected chi connectivity index (χ4v) is 5.36. The lowest BCUT2D eigenvalue weighted by Gasteiger charge is -2.34. The van der Waals surface area contributed by atoms with Gasteiger partial charge in [-0.15, -0.1) is 12.4 Å². The quantitative estimate of drug-likeness (QED) is 0.734. The van der Waals surface area contributed by atoms with E-state index in [1.807, 2.05) is 6.07 Å². The minimum atomic E-state index is -0.287. The zero-order valence-corrected chi connectivity index (χ0v) is 17.5. The fraction of sp³-hybridized carbons (Fsp3) is 0.682. The summed E-state index contributed by atoms with van der Waals surface area (Å²) < 4.78 is 5.64. The van der Waals surface area contributed by atoms with Gasteiger partial charge in [-0.1, -0.05) is 37.8 Å². The third-order valence-electron chi connectivity index (χ3n) is 6.78. The van der Waals surface area contributed by atoms with Crippen LogP contribution >= 0.6 is 12.4 Å². The highest BCUT2D eigenvalue weighted by atomic mass is 35.5. The highest BCUT2D eigenvalue weighted by Crippen LogP contribution is 2.44. The van der Waals surface area contributed by atoms with Crippen molar-refractivity contribution in [2.45, 2.75) is 63.3 Å². The Bertz CT molecular complexity index is 658. The first-order valence-corrected chi connectivity index (χ1v) is 10.4. The summed E-state index contributed by atoms with van der Waals surface area (Å²) in [5.41, 5.74) is 2.69. The molecule has 0 aromatic heterocycles. The molecule has 27 heavy (non-hydrogen) atoms. The molecule has 2 fully saturated rings. The van der Waals surface area contributed by atoms with Gasteiger partial charge in [-0.05, 0) is 61.9 Å². The molecule has 0 unspecified atom stereocenters. The highest BCUT2D eigenvalue weighted by Gasteiger charge is 2.39. The second-order valence-electron chi connectivity index (χ2n) is 8.56. The predicted molar refractivity (Wildman–Crippen MR) is 111 cm³/mol. The van der Waals surface area contributed by atoms with Gasteiger partial charge in [-0.2, -0.15) is 0 Å². The summed E-state index contributed by atoms with van der Waals surface area (Å²) in [5.74, 6) is 2.35. The van der Waals surface area contributed by atoms with Gasteiger partial charge < -0.3 is 9.64 Å². The van der Waals surface area contributed by atoms with Crippen molar-refractivity contribution in [2.24, 2.45) is 5.92 Å². The Labute approximate surface area is 169 Å². The molecular formula is C22H33ClN2O2. The van der Waals surface area contributed by atoms with Gasteiger partial charge in [0, 0.05) is 26.1 Å². The van der Waals surface area contributed by atoms with Gasteiger partial charge in [-0.25, -0.2) is 4.79 Å². The van der Waals surface area contributed by atoms with E-state index in [2.05, 4.69) is 17.0 Å². The van der Waals surface area contributed by atoms with Crippen LogP contribution in [-0.4, -0.2) is 49.1 Å². The maximum absolute atomic E-state index is 12.0. The number of benzene rings is 1. The first kappa shape index (κ1) is 20.5. The Morgan fingerprint density at radius 3 is 2.70 bits per heavy atom. The Hall–Kier alpha value is -1.26. The Morgan fingerprint density at radius 1 is 1.19 bits per heavy atom. The fourth-order valence-electron chi connectivity index (χ4n) is 5.36. The molecule has 0 bridgehead atoms. The summed E-state index contributed by atoms with van der Waals surface area (Å²) in [7, 11) is 3.46. The number of hydrogen-bond donors (Lipinski definition) is 0. The molecule has 1 saturated carbocycles. The smallest absolute Gasteiger partial charge is 0.410 e. The highest BCUT2D eigenvalue weighted by molar-refractivity contribution is 5.85. The lowest BCUT2D eigenvalue weighted by molar-refractivity contribution is 0.170. The first-order chi connectivity index (χ1) is 12.6. The molecule has 0 N–H and O–H groups in total. The number of rotatable bonds is 4. The third kappa shape index (κ3) is 4.27. The summed E-state index contributed by atoms with van der Waals surface area (Å²) in [4.78, 5) is 16.2. The van der Waals surface area contributed by atoms with E-state index < -0.39 is 0 Å². The van der Waals surface area contributed by atoms with Gasteiger partial charge in [0.15, 0.2) is 0 Å². The van der Waals surface area contributed by atoms with Gasteiger partial charge in [-0.3, -0.25) is 4.90 Å². The van der Waals surface area contributed by atoms with Gasteiger partial charge in [0.1, 0.15) is 5.75 Å². The van der Waals surface area contributed by atoms with Crippen LogP contribution in [0, 0.1) is 5.92 Å². The number of nitrogens with zero attached hydrogens (tertiary/aromatic N) is 2. The van der Waals surface area contributed by atoms with Crippen LogP contribution in [0.2, 0.25) is 0 Å². The second kappa shape index (κ2) is 8.83. The molecule has 0 spiro atoms. The van der Waals surface area contributed by atoms with Crippen molar-refractivity contribution in [2.75, 3.05) is 27.2 Å². The lowest BCUT2D eigenvalue weighted by Crippen LogP contribution is -2.36. The summed E-state index contributed by atoms with van der Waals surface area (Å²) >= 11 is 0. The average Bonchev–Trinajstić information content (AvgIpc) is 3.29. The molecule has 3 aliphatic rings. The van der Waals surface area contributed by atoms with Crippen molar-refractivity contribution in [3.8, 4) is 5.75 Å². The van der Waals surface area contributed by atoms with E-state index in [0.29, 0.717) is 12.0 Å². The molecule has 150 valence electrons. The molecule has 1 aromatic carbocycles. The van der Waals surface area contributed by atoms with Crippen molar-refractivity contribution in [1.82, 2.24) is 9.80 Å². The van der Waals surface area contributed by atoms with Crippen molar-refractivity contribution in [3.63, 3.8) is 0 Å². The monoisotopic (exact) mass is 392 g/mol. The summed E-state index contributed by atoms with van der Waals surface area (Å²) in [6.45, 7) is 2.50. The van der Waals surface area contributed by atoms with Crippen molar-refractivity contribution < 1.29 is 9.53 Å². The predicted octanol–water partition coefficient (Wildman–Crippen LogP) is 4.85. The number of likely N-dealkylation sites (tertiary alicyclic amines) is 1. The summed E-state index contributed by atoms with van der Waals surface area (Å²) in [6.07, 6.45) is 10.3. The van der Waals surface area contributed by atoms with Crippen LogP contribution in [0.15, 0.2) is 18.2 Å². The summed E-state index contributed by atoms with van der Waals surface area (Å²) in [5, 5.41) is 0. The first-order valence-electron chi connectivity index (χ1n) is 10.4. The number of hydrogen-bond acceptors (Lipinski definition) is 3. The van der Waals surface area contributed by atoms with Crippen molar-refractivity contribution in [1.29, 1.82) is 0 Å². The average molecular weight is 393 g/mol. The summed E-state index contributed by atoms with van der Waals surface area (Å²) in [6, 6.07) is 6.96. The number of ether oxygens (including phenoxy) is 1. The van der Waals surface area contributed by atoms with Crippen LogP contribution in [0.3, 0.4) is 0 Å². The molecule has 4 nitrogen and oxygen atoms in total. The molecule has 1 aliphatic heterocycles. The molecule has 2 aliphatic carbocycles. The maximum atomic E-state index is 12.0. The molecular weight excluding hydrogens is 360 g/mol. The van der Waals surface area contributed by atoms with E-state index in [1.165, 1.54) is 74.1 Å². The second-order valence-corrected chi connectivity index (χ2v) is 8.56. The Balaban J connectivity index is 0.00000210. The Kier molecular flexibility index (Phi) is 6.69. The van der Waals surface area contributed by atoms with E-state index >= 15 is 0 Å². The van der Waals surface area contributed by atoms with E-state index in [0.717, 1.165) is 18.1 Å². The van der Waals surface area contributed by atoms with Crippen molar-refractivity contribution >= 4 is 18.5 Å². The largest absolute Gasteiger partial charge is 0.414 e. The lowest BCUT2D eigenvalue weighted by atomic mass is 9.79. The zero-order chi connectivity index (χ0) is 18.1. The van der Waals surface area contributed by atoms with E-state index in [-0.39, 0.29) is 18.5 Å². The number of carbonyl (C=O) groups excluding carboxylic acids is 1. The third-order valence-corrected chi connectivity index (χ3v) is 6.78. The van der Waals surface area contributed by atoms with Crippen LogP contribution in [0.4, 0.5) is 4.79 Å². The van der Waals surface area contributed by atoms with Gasteiger partial charge in [0.25, 0.3) is 0 Å². The van der Waals surface area contributed by atoms with Gasteiger partial charge in [0.2, 0.25) is 0 Å². The minimum Gasteiger partial charge on any atom is -0.410 e. The molecule has 1 saturated heterocycles. The van der Waals surface area contributed by atoms with E-state index in [9.17, 15) is 4.79 Å². The molecule has 1 aromatic rings. The van der Waals surface area contributed by atoms with E-state index in [1.54, 1.807) is 14.1 Å². The van der Waals surface area contributed by atoms with Gasteiger partial charge in [0.05, 0.1) is 0 Å². The molecule has 5 heteroatoms. The van der Waals surface area contributed by atoms with Gasteiger partial charge >= 0.3 is 6.09 Å². The van der Waals surface area contributed by atoms with Crippen LogP contribution in [0.25, 0.3) is 0 Å². The van der Waals surface area contributed by atoms with Crippen LogP contribution < -0.4 is 4.74 Å². The molecule has 2 atom stereocenters. The Morgan fingerprint density at radius 2 is 1.96 bits per heavy atom. The number of halogens is 1. The standard InChI is InChI=1S/C22H32N2O2.ClH/c1-23(2)22(25)26-21-9-5-8-17-18-13-15-24(20(18)11-10-19(17)21)14-12-16-6-3-4-7-16;/h5,8-9,16,18,20H,3-4,6-7,10-15H2,1-2H3;1H/t18-,20+;/m0./s1. The van der Waals surface area contributed by atoms with Crippen LogP contribution in [-0.2, 0) is 6.42 Å². The number of fused-ring (bicyclic) bond motifs is 3.